The molecule has 7 nitrogen and oxygen atoms in total. The standard InChI is InChI=1S/C26H18Br2Cl2N2O5S/c1-36-18-6-4-17(5-7-18)31-23(33)12-32-25(34)22(38-26(32)35)10-14-8-19(27)24(20(28)9-14)37-13-15-2-3-16(29)11-21(15)30/h2-11H,12-13H2,1H3,(H,31,33)/b22-10+. The van der Waals surface area contributed by atoms with E-state index >= 15 is 0 Å². The minimum absolute atomic E-state index is 0.202. The van der Waals surface area contributed by atoms with Gasteiger partial charge in [-0.2, -0.15) is 0 Å². The summed E-state index contributed by atoms with van der Waals surface area (Å²) < 4.78 is 12.3. The number of carbonyl (C=O) groups is 3. The molecule has 0 aliphatic carbocycles. The largest absolute Gasteiger partial charge is 0.497 e. The van der Waals surface area contributed by atoms with Crippen molar-refractivity contribution in [2.24, 2.45) is 0 Å². The van der Waals surface area contributed by atoms with Crippen LogP contribution in [0.3, 0.4) is 0 Å². The zero-order valence-electron chi connectivity index (χ0n) is 19.6. The van der Waals surface area contributed by atoms with E-state index in [1.807, 2.05) is 0 Å². The van der Waals surface area contributed by atoms with Gasteiger partial charge in [0.05, 0.1) is 21.0 Å². The van der Waals surface area contributed by atoms with Crippen LogP contribution in [0, 0.1) is 0 Å². The molecule has 0 atom stereocenters. The Morgan fingerprint density at radius 2 is 1.74 bits per heavy atom. The molecule has 1 heterocycles. The van der Waals surface area contributed by atoms with E-state index in [1.54, 1.807) is 67.8 Å². The van der Waals surface area contributed by atoms with Crippen molar-refractivity contribution in [3.8, 4) is 11.5 Å². The summed E-state index contributed by atoms with van der Waals surface area (Å²) in [5.74, 6) is 0.140. The van der Waals surface area contributed by atoms with Crippen LogP contribution >= 0.6 is 66.8 Å². The van der Waals surface area contributed by atoms with Crippen LogP contribution in [-0.2, 0) is 16.2 Å². The lowest BCUT2D eigenvalue weighted by Crippen LogP contribution is -2.36. The maximum atomic E-state index is 12.9. The van der Waals surface area contributed by atoms with Gasteiger partial charge in [0, 0.05) is 21.3 Å². The fourth-order valence-electron chi connectivity index (χ4n) is 3.40. The van der Waals surface area contributed by atoms with Gasteiger partial charge < -0.3 is 14.8 Å². The van der Waals surface area contributed by atoms with E-state index < -0.39 is 23.6 Å². The fraction of sp³-hybridized carbons (Fsp3) is 0.115. The number of carbonyl (C=O) groups excluding carboxylic acids is 3. The van der Waals surface area contributed by atoms with Gasteiger partial charge in [0.2, 0.25) is 5.91 Å². The first-order valence-corrected chi connectivity index (χ1v) is 14.1. The van der Waals surface area contributed by atoms with E-state index in [0.29, 0.717) is 41.7 Å². The molecule has 4 rings (SSSR count). The molecule has 0 bridgehead atoms. The third kappa shape index (κ3) is 6.92. The number of rotatable bonds is 8. The molecule has 0 radical (unpaired) electrons. The van der Waals surface area contributed by atoms with E-state index in [0.717, 1.165) is 22.2 Å². The summed E-state index contributed by atoms with van der Waals surface area (Å²) in [5.41, 5.74) is 1.94. The Morgan fingerprint density at radius 1 is 1.05 bits per heavy atom. The van der Waals surface area contributed by atoms with Crippen LogP contribution in [0.5, 0.6) is 11.5 Å². The van der Waals surface area contributed by atoms with Crippen molar-refractivity contribution in [2.75, 3.05) is 19.0 Å². The molecular formula is C26H18Br2Cl2N2O5S. The van der Waals surface area contributed by atoms with E-state index in [2.05, 4.69) is 37.2 Å². The van der Waals surface area contributed by atoms with Crippen molar-refractivity contribution in [1.82, 2.24) is 4.90 Å². The molecule has 0 unspecified atom stereocenters. The van der Waals surface area contributed by atoms with Gasteiger partial charge >= 0.3 is 0 Å². The first-order chi connectivity index (χ1) is 18.1. The molecule has 1 fully saturated rings. The maximum Gasteiger partial charge on any atom is 0.294 e. The van der Waals surface area contributed by atoms with E-state index in [1.165, 1.54) is 0 Å². The Labute approximate surface area is 249 Å². The average molecular weight is 701 g/mol. The molecule has 1 aliphatic rings. The first-order valence-electron chi connectivity index (χ1n) is 10.9. The number of benzene rings is 3. The van der Waals surface area contributed by atoms with Crippen molar-refractivity contribution >= 4 is 95.6 Å². The zero-order chi connectivity index (χ0) is 27.4. The normalized spacial score (nSPS) is 14.2. The lowest BCUT2D eigenvalue weighted by molar-refractivity contribution is -0.127. The number of ether oxygens (including phenoxy) is 2. The van der Waals surface area contributed by atoms with E-state index in [9.17, 15) is 14.4 Å². The molecular weight excluding hydrogens is 683 g/mol. The van der Waals surface area contributed by atoms with Gasteiger partial charge in [0.15, 0.2) is 0 Å². The molecule has 0 saturated carbocycles. The molecule has 1 aliphatic heterocycles. The predicted molar refractivity (Wildman–Crippen MR) is 157 cm³/mol. The summed E-state index contributed by atoms with van der Waals surface area (Å²) in [6.45, 7) is -0.189. The van der Waals surface area contributed by atoms with Crippen LogP contribution in [0.2, 0.25) is 10.0 Å². The number of halogens is 4. The van der Waals surface area contributed by atoms with Gasteiger partial charge in [-0.3, -0.25) is 19.3 Å². The Kier molecular flexibility index (Phi) is 9.43. The van der Waals surface area contributed by atoms with Gasteiger partial charge in [0.1, 0.15) is 24.7 Å². The lowest BCUT2D eigenvalue weighted by atomic mass is 10.2. The van der Waals surface area contributed by atoms with Crippen molar-refractivity contribution in [3.05, 3.63) is 89.6 Å². The van der Waals surface area contributed by atoms with Crippen molar-refractivity contribution < 1.29 is 23.9 Å². The Bertz CT molecular complexity index is 1430. The molecule has 0 spiro atoms. The number of methoxy groups -OCH3 is 1. The number of hydrogen-bond donors (Lipinski definition) is 1. The highest BCUT2D eigenvalue weighted by Crippen LogP contribution is 2.38. The van der Waals surface area contributed by atoms with Gasteiger partial charge in [-0.15, -0.1) is 0 Å². The zero-order valence-corrected chi connectivity index (χ0v) is 25.1. The highest BCUT2D eigenvalue weighted by molar-refractivity contribution is 9.11. The Morgan fingerprint density at radius 3 is 2.37 bits per heavy atom. The van der Waals surface area contributed by atoms with Crippen LogP contribution in [0.1, 0.15) is 11.1 Å². The van der Waals surface area contributed by atoms with Crippen LogP contribution in [0.4, 0.5) is 10.5 Å². The first kappa shape index (κ1) is 28.5. The summed E-state index contributed by atoms with van der Waals surface area (Å²) in [5, 5.41) is 3.17. The van der Waals surface area contributed by atoms with Gasteiger partial charge in [-0.1, -0.05) is 29.3 Å². The van der Waals surface area contributed by atoms with Crippen molar-refractivity contribution in [3.63, 3.8) is 0 Å². The number of nitrogens with zero attached hydrogens (tertiary/aromatic N) is 1. The monoisotopic (exact) mass is 698 g/mol. The number of amides is 3. The number of imide groups is 1. The quantitative estimate of drug-likeness (QED) is 0.242. The summed E-state index contributed by atoms with van der Waals surface area (Å²) in [4.78, 5) is 38.9. The molecule has 1 N–H and O–H groups in total. The highest BCUT2D eigenvalue weighted by atomic mass is 79.9. The van der Waals surface area contributed by atoms with Crippen molar-refractivity contribution in [1.29, 1.82) is 0 Å². The molecule has 12 heteroatoms. The number of anilines is 1. The summed E-state index contributed by atoms with van der Waals surface area (Å²) >= 11 is 19.9. The summed E-state index contributed by atoms with van der Waals surface area (Å²) in [6.07, 6.45) is 1.58. The van der Waals surface area contributed by atoms with Crippen molar-refractivity contribution in [2.45, 2.75) is 6.61 Å². The Balaban J connectivity index is 1.43. The number of thioether (sulfide) groups is 1. The van der Waals surface area contributed by atoms with Gasteiger partial charge in [0.25, 0.3) is 11.1 Å². The van der Waals surface area contributed by atoms with E-state index in [-0.39, 0.29) is 11.5 Å². The maximum absolute atomic E-state index is 12.9. The van der Waals surface area contributed by atoms with Crippen LogP contribution in [0.15, 0.2) is 68.4 Å². The third-order valence-corrected chi connectivity index (χ3v) is 7.93. The fourth-order valence-corrected chi connectivity index (χ4v) is 6.15. The minimum Gasteiger partial charge on any atom is -0.497 e. The predicted octanol–water partition coefficient (Wildman–Crippen LogP) is 7.78. The third-order valence-electron chi connectivity index (χ3n) is 5.25. The lowest BCUT2D eigenvalue weighted by Gasteiger charge is -2.13. The number of hydrogen-bond acceptors (Lipinski definition) is 6. The minimum atomic E-state index is -0.546. The molecule has 0 aromatic heterocycles. The molecule has 1 saturated heterocycles. The van der Waals surface area contributed by atoms with Crippen LogP contribution in [0.25, 0.3) is 6.08 Å². The molecule has 3 aromatic carbocycles. The number of nitrogens with one attached hydrogen (secondary N) is 1. The average Bonchev–Trinajstić information content (AvgIpc) is 3.12. The molecule has 3 aromatic rings. The SMILES string of the molecule is COc1ccc(NC(=O)CN2C(=O)S/C(=C/c3cc(Br)c(OCc4ccc(Cl)cc4Cl)c(Br)c3)C2=O)cc1. The molecule has 196 valence electrons. The second-order valence-electron chi connectivity index (χ2n) is 7.88. The summed E-state index contributed by atoms with van der Waals surface area (Å²) in [6, 6.07) is 15.4. The summed E-state index contributed by atoms with van der Waals surface area (Å²) in [7, 11) is 1.54. The van der Waals surface area contributed by atoms with E-state index in [4.69, 9.17) is 32.7 Å². The van der Waals surface area contributed by atoms with Crippen LogP contribution < -0.4 is 14.8 Å². The highest BCUT2D eigenvalue weighted by Gasteiger charge is 2.36. The van der Waals surface area contributed by atoms with Gasteiger partial charge in [-0.05, 0) is 104 Å². The smallest absolute Gasteiger partial charge is 0.294 e. The molecule has 3 amide bonds. The second-order valence-corrected chi connectivity index (χ2v) is 11.4. The van der Waals surface area contributed by atoms with Gasteiger partial charge in [-0.25, -0.2) is 0 Å². The Hall–Kier alpha value is -2.50. The molecule has 38 heavy (non-hydrogen) atoms. The second kappa shape index (κ2) is 12.6. The topological polar surface area (TPSA) is 84.9 Å². The van der Waals surface area contributed by atoms with Crippen LogP contribution in [-0.4, -0.2) is 35.6 Å².